The van der Waals surface area contributed by atoms with Crippen molar-refractivity contribution >= 4 is 46.5 Å². The van der Waals surface area contributed by atoms with Crippen LogP contribution in [-0.4, -0.2) is 31.5 Å². The Hall–Kier alpha value is -3.59. The molecular formula is C30H29Cl3N6O2. The zero-order valence-corrected chi connectivity index (χ0v) is 24.4. The number of carbonyl (C=O) groups excluding carboxylic acids is 1. The highest BCUT2D eigenvalue weighted by atomic mass is 35.5. The maximum Gasteiger partial charge on any atom is 0.325 e. The number of nitrogens with one attached hydrogen (secondary N) is 2. The van der Waals surface area contributed by atoms with Gasteiger partial charge < -0.3 is 15.4 Å². The highest BCUT2D eigenvalue weighted by molar-refractivity contribution is 6.35. The molecule has 11 heteroatoms. The summed E-state index contributed by atoms with van der Waals surface area (Å²) < 4.78 is 7.67. The van der Waals surface area contributed by atoms with Gasteiger partial charge in [0.1, 0.15) is 29.8 Å². The second-order valence-corrected chi connectivity index (χ2v) is 11.1. The maximum atomic E-state index is 13.5. The van der Waals surface area contributed by atoms with E-state index >= 15 is 0 Å². The molecule has 1 atom stereocenters. The van der Waals surface area contributed by atoms with E-state index < -0.39 is 6.04 Å². The zero-order chi connectivity index (χ0) is 28.6. The molecule has 8 nitrogen and oxygen atoms in total. The molecule has 4 aromatic rings. The number of nitrogens with zero attached hydrogens (tertiary/aromatic N) is 4. The lowest BCUT2D eigenvalue weighted by Gasteiger charge is -2.20. The zero-order valence-electron chi connectivity index (χ0n) is 22.1. The molecule has 2 heterocycles. The minimum Gasteiger partial charge on any atom is -0.424 e. The molecule has 0 radical (unpaired) electrons. The minimum absolute atomic E-state index is 0.0873. The van der Waals surface area contributed by atoms with Crippen molar-refractivity contribution in [2.45, 2.75) is 44.7 Å². The Labute approximate surface area is 253 Å². The molecule has 2 aromatic carbocycles. The molecule has 1 aliphatic rings. The first kappa shape index (κ1) is 28.9. The molecule has 41 heavy (non-hydrogen) atoms. The maximum absolute atomic E-state index is 13.5. The van der Waals surface area contributed by atoms with E-state index in [1.807, 2.05) is 6.08 Å². The number of rotatable bonds is 10. The molecule has 1 unspecified atom stereocenters. The van der Waals surface area contributed by atoms with Gasteiger partial charge in [-0.3, -0.25) is 9.36 Å². The van der Waals surface area contributed by atoms with Crippen LogP contribution in [0.4, 0.5) is 5.82 Å². The van der Waals surface area contributed by atoms with Gasteiger partial charge in [-0.1, -0.05) is 78.4 Å². The van der Waals surface area contributed by atoms with Crippen LogP contribution in [0.3, 0.4) is 0 Å². The van der Waals surface area contributed by atoms with Crippen molar-refractivity contribution in [3.05, 3.63) is 100 Å². The average Bonchev–Trinajstić information content (AvgIpc) is 3.51. The van der Waals surface area contributed by atoms with Gasteiger partial charge in [0.05, 0.1) is 0 Å². The molecule has 2 N–H and O–H groups in total. The van der Waals surface area contributed by atoms with Crippen molar-refractivity contribution in [3.8, 4) is 17.6 Å². The Morgan fingerprint density at radius 2 is 1.88 bits per heavy atom. The van der Waals surface area contributed by atoms with Crippen LogP contribution < -0.4 is 15.4 Å². The molecule has 2 aromatic heterocycles. The van der Waals surface area contributed by atoms with Crippen molar-refractivity contribution in [3.63, 3.8) is 0 Å². The van der Waals surface area contributed by atoms with Gasteiger partial charge in [-0.25, -0.2) is 4.98 Å². The van der Waals surface area contributed by atoms with E-state index in [9.17, 15) is 4.79 Å². The molecule has 1 saturated carbocycles. The number of carbonyl (C=O) groups is 1. The van der Waals surface area contributed by atoms with Gasteiger partial charge >= 0.3 is 6.01 Å². The Kier molecular flexibility index (Phi) is 9.77. The highest BCUT2D eigenvalue weighted by Crippen LogP contribution is 2.27. The summed E-state index contributed by atoms with van der Waals surface area (Å²) >= 11 is 18.5. The lowest BCUT2D eigenvalue weighted by Crippen LogP contribution is -2.38. The van der Waals surface area contributed by atoms with E-state index in [0.717, 1.165) is 18.4 Å². The summed E-state index contributed by atoms with van der Waals surface area (Å²) in [7, 11) is 0. The van der Waals surface area contributed by atoms with Crippen LogP contribution >= 0.6 is 34.8 Å². The lowest BCUT2D eigenvalue weighted by molar-refractivity contribution is -0.121. The number of amides is 1. The summed E-state index contributed by atoms with van der Waals surface area (Å²) in [5.74, 6) is 1.60. The molecule has 1 amide bonds. The summed E-state index contributed by atoms with van der Waals surface area (Å²) in [6.45, 7) is 0.247. The fourth-order valence-electron chi connectivity index (χ4n) is 4.61. The van der Waals surface area contributed by atoms with E-state index in [4.69, 9.17) is 39.5 Å². The van der Waals surface area contributed by atoms with Crippen molar-refractivity contribution in [1.82, 2.24) is 24.8 Å². The molecule has 0 spiro atoms. The number of benzene rings is 2. The van der Waals surface area contributed by atoms with Crippen molar-refractivity contribution in [2.24, 2.45) is 5.92 Å². The first-order chi connectivity index (χ1) is 19.9. The third-order valence-corrected chi connectivity index (χ3v) is 7.57. The standard InChI is InChI=1S/C30H29Cl3N6O2/c31-22-7-4-8-24(15-22)41-30-37-27(17-28(38-30)39-14-13-34-19-39)36-26(12-9-20-5-2-1-3-6-20)29(40)35-18-21-10-11-23(32)16-25(21)33/h4,7-17,19-20,26H,1-3,5-6,18H2,(H,35,40)(H,36,37,38)/b12-9+. The first-order valence-electron chi connectivity index (χ1n) is 13.4. The van der Waals surface area contributed by atoms with Crippen LogP contribution in [0.1, 0.15) is 37.7 Å². The quantitative estimate of drug-likeness (QED) is 0.179. The molecule has 0 bridgehead atoms. The number of ether oxygens (including phenoxy) is 1. The topological polar surface area (TPSA) is 94.0 Å². The van der Waals surface area contributed by atoms with E-state index in [2.05, 4.69) is 31.7 Å². The van der Waals surface area contributed by atoms with Crippen LogP contribution in [0.5, 0.6) is 11.8 Å². The van der Waals surface area contributed by atoms with Gasteiger partial charge in [0.15, 0.2) is 0 Å². The largest absolute Gasteiger partial charge is 0.424 e. The fraction of sp³-hybridized carbons (Fsp3) is 0.267. The van der Waals surface area contributed by atoms with Crippen molar-refractivity contribution in [1.29, 1.82) is 0 Å². The Balaban J connectivity index is 1.41. The third kappa shape index (κ3) is 8.22. The number of anilines is 1. The summed E-state index contributed by atoms with van der Waals surface area (Å²) in [6.07, 6.45) is 14.9. The second kappa shape index (κ2) is 13.9. The summed E-state index contributed by atoms with van der Waals surface area (Å²) in [6, 6.07) is 13.3. The van der Waals surface area contributed by atoms with Crippen LogP contribution in [-0.2, 0) is 11.3 Å². The van der Waals surface area contributed by atoms with Crippen molar-refractivity contribution in [2.75, 3.05) is 5.32 Å². The van der Waals surface area contributed by atoms with Crippen LogP contribution in [0.2, 0.25) is 15.1 Å². The molecule has 0 saturated heterocycles. The Morgan fingerprint density at radius 3 is 2.63 bits per heavy atom. The van der Waals surface area contributed by atoms with E-state index in [-0.39, 0.29) is 18.5 Å². The SMILES string of the molecule is O=C(NCc1ccc(Cl)cc1Cl)C(/C=C/C1CCCCC1)Nc1cc(-n2ccnc2)nc(Oc2cccc(Cl)c2)n1. The highest BCUT2D eigenvalue weighted by Gasteiger charge is 2.20. The predicted molar refractivity (Wildman–Crippen MR) is 162 cm³/mol. The predicted octanol–water partition coefficient (Wildman–Crippen LogP) is 7.65. The number of imidazole rings is 1. The molecule has 212 valence electrons. The summed E-state index contributed by atoms with van der Waals surface area (Å²) in [4.78, 5) is 26.7. The van der Waals surface area contributed by atoms with Gasteiger partial charge in [-0.2, -0.15) is 9.97 Å². The molecular weight excluding hydrogens is 583 g/mol. The lowest BCUT2D eigenvalue weighted by atomic mass is 9.89. The number of hydrogen-bond donors (Lipinski definition) is 2. The minimum atomic E-state index is -0.715. The second-order valence-electron chi connectivity index (χ2n) is 9.78. The van der Waals surface area contributed by atoms with Crippen molar-refractivity contribution < 1.29 is 9.53 Å². The third-order valence-electron chi connectivity index (χ3n) is 6.75. The van der Waals surface area contributed by atoms with Crippen LogP contribution in [0.15, 0.2) is 79.4 Å². The molecule has 5 rings (SSSR count). The van der Waals surface area contributed by atoms with E-state index in [0.29, 0.717) is 38.4 Å². The summed E-state index contributed by atoms with van der Waals surface area (Å²) in [5.41, 5.74) is 0.765. The van der Waals surface area contributed by atoms with Gasteiger partial charge in [0.25, 0.3) is 0 Å². The molecule has 1 fully saturated rings. The van der Waals surface area contributed by atoms with Gasteiger partial charge in [0.2, 0.25) is 5.91 Å². The van der Waals surface area contributed by atoms with Gasteiger partial charge in [0, 0.05) is 40.1 Å². The van der Waals surface area contributed by atoms with E-state index in [1.165, 1.54) is 19.3 Å². The number of hydrogen-bond acceptors (Lipinski definition) is 6. The smallest absolute Gasteiger partial charge is 0.325 e. The Bertz CT molecular complexity index is 1510. The molecule has 1 aliphatic carbocycles. The van der Waals surface area contributed by atoms with Gasteiger partial charge in [-0.05, 0) is 54.7 Å². The fourth-order valence-corrected chi connectivity index (χ4v) is 5.26. The monoisotopic (exact) mass is 610 g/mol. The van der Waals surface area contributed by atoms with Crippen LogP contribution in [0.25, 0.3) is 5.82 Å². The van der Waals surface area contributed by atoms with E-state index in [1.54, 1.807) is 71.8 Å². The van der Waals surface area contributed by atoms with Gasteiger partial charge in [-0.15, -0.1) is 0 Å². The number of allylic oxidation sites excluding steroid dienone is 1. The first-order valence-corrected chi connectivity index (χ1v) is 14.5. The number of halogens is 3. The Morgan fingerprint density at radius 1 is 1.05 bits per heavy atom. The normalized spacial score (nSPS) is 14.6. The van der Waals surface area contributed by atoms with Crippen LogP contribution in [0, 0.1) is 5.92 Å². The average molecular weight is 612 g/mol. The molecule has 0 aliphatic heterocycles. The summed E-state index contributed by atoms with van der Waals surface area (Å²) in [5, 5.41) is 7.81. The number of aromatic nitrogens is 4.